The van der Waals surface area contributed by atoms with Gasteiger partial charge in [0, 0.05) is 22.2 Å². The number of halogens is 2. The smallest absolute Gasteiger partial charge is 0.251 e. The van der Waals surface area contributed by atoms with E-state index in [1.165, 1.54) is 18.2 Å². The first-order chi connectivity index (χ1) is 8.52. The lowest BCUT2D eigenvalue weighted by Crippen LogP contribution is -2.37. The largest absolute Gasteiger partial charge is 0.355 e. The number of amides is 2. The van der Waals surface area contributed by atoms with E-state index in [2.05, 4.69) is 10.6 Å². The van der Waals surface area contributed by atoms with Crippen molar-refractivity contribution >= 4 is 35.0 Å². The lowest BCUT2D eigenvalue weighted by molar-refractivity contribution is -0.120. The van der Waals surface area contributed by atoms with Crippen LogP contribution in [-0.2, 0) is 4.79 Å². The maximum atomic E-state index is 11.7. The third-order valence-corrected chi connectivity index (χ3v) is 2.54. The summed E-state index contributed by atoms with van der Waals surface area (Å²) in [5, 5.41) is 5.91. The van der Waals surface area contributed by atoms with Gasteiger partial charge in [-0.3, -0.25) is 9.59 Å². The minimum atomic E-state index is -0.383. The van der Waals surface area contributed by atoms with E-state index in [0.717, 1.165) is 6.42 Å². The van der Waals surface area contributed by atoms with Crippen LogP contribution in [0.5, 0.6) is 0 Å². The number of carbonyl (C=O) groups is 2. The number of benzene rings is 1. The molecule has 0 spiro atoms. The van der Waals surface area contributed by atoms with Crippen molar-refractivity contribution in [2.75, 3.05) is 13.1 Å². The molecule has 1 aromatic rings. The monoisotopic (exact) mass is 288 g/mol. The van der Waals surface area contributed by atoms with Crippen LogP contribution in [0.1, 0.15) is 23.7 Å². The van der Waals surface area contributed by atoms with Gasteiger partial charge in [0.05, 0.1) is 6.54 Å². The van der Waals surface area contributed by atoms with E-state index in [1.54, 1.807) is 0 Å². The van der Waals surface area contributed by atoms with Crippen LogP contribution in [0.4, 0.5) is 0 Å². The number of rotatable bonds is 5. The van der Waals surface area contributed by atoms with E-state index >= 15 is 0 Å². The Balaban J connectivity index is 2.52. The summed E-state index contributed by atoms with van der Waals surface area (Å²) in [4.78, 5) is 23.0. The van der Waals surface area contributed by atoms with Crippen LogP contribution in [-0.4, -0.2) is 24.9 Å². The van der Waals surface area contributed by atoms with Crippen molar-refractivity contribution in [2.45, 2.75) is 13.3 Å². The SMILES string of the molecule is CCCNC(=O)CNC(=O)c1cc(Cl)cc(Cl)c1. The number of carbonyl (C=O) groups excluding carboxylic acids is 2. The summed E-state index contributed by atoms with van der Waals surface area (Å²) in [7, 11) is 0. The molecule has 0 unspecified atom stereocenters. The Labute approximate surface area is 116 Å². The Morgan fingerprint density at radius 1 is 1.11 bits per heavy atom. The first kappa shape index (κ1) is 14.8. The Morgan fingerprint density at radius 3 is 2.28 bits per heavy atom. The normalized spacial score (nSPS) is 9.94. The highest BCUT2D eigenvalue weighted by Crippen LogP contribution is 2.18. The molecule has 0 aliphatic carbocycles. The molecule has 2 N–H and O–H groups in total. The second kappa shape index (κ2) is 7.24. The highest BCUT2D eigenvalue weighted by atomic mass is 35.5. The number of hydrogen-bond donors (Lipinski definition) is 2. The Kier molecular flexibility index (Phi) is 5.95. The van der Waals surface area contributed by atoms with Gasteiger partial charge in [0.1, 0.15) is 0 Å². The van der Waals surface area contributed by atoms with E-state index < -0.39 is 0 Å². The highest BCUT2D eigenvalue weighted by Gasteiger charge is 2.09. The molecule has 0 aliphatic heterocycles. The van der Waals surface area contributed by atoms with Crippen LogP contribution in [0, 0.1) is 0 Å². The van der Waals surface area contributed by atoms with Gasteiger partial charge in [-0.1, -0.05) is 30.1 Å². The highest BCUT2D eigenvalue weighted by molar-refractivity contribution is 6.35. The van der Waals surface area contributed by atoms with Gasteiger partial charge in [0.2, 0.25) is 5.91 Å². The summed E-state index contributed by atoms with van der Waals surface area (Å²) in [6.07, 6.45) is 0.851. The molecule has 18 heavy (non-hydrogen) atoms. The second-order valence-corrected chi connectivity index (χ2v) is 4.56. The van der Waals surface area contributed by atoms with E-state index in [9.17, 15) is 9.59 Å². The second-order valence-electron chi connectivity index (χ2n) is 3.69. The molecular formula is C12H14Cl2N2O2. The third-order valence-electron chi connectivity index (χ3n) is 2.11. The van der Waals surface area contributed by atoms with Crippen LogP contribution in [0.15, 0.2) is 18.2 Å². The molecule has 2 amide bonds. The molecule has 6 heteroatoms. The molecule has 0 aromatic heterocycles. The molecular weight excluding hydrogens is 275 g/mol. The zero-order valence-electron chi connectivity index (χ0n) is 9.93. The quantitative estimate of drug-likeness (QED) is 0.873. The van der Waals surface area contributed by atoms with Crippen molar-refractivity contribution in [1.82, 2.24) is 10.6 Å². The molecule has 0 fully saturated rings. The molecule has 0 radical (unpaired) electrons. The van der Waals surface area contributed by atoms with Crippen LogP contribution in [0.25, 0.3) is 0 Å². The fourth-order valence-corrected chi connectivity index (χ4v) is 1.80. The zero-order valence-corrected chi connectivity index (χ0v) is 11.4. The standard InChI is InChI=1S/C12H14Cl2N2O2/c1-2-3-15-11(17)7-16-12(18)8-4-9(13)6-10(14)5-8/h4-6H,2-3,7H2,1H3,(H,15,17)(H,16,18). The van der Waals surface area contributed by atoms with Crippen molar-refractivity contribution < 1.29 is 9.59 Å². The van der Waals surface area contributed by atoms with Gasteiger partial charge in [-0.15, -0.1) is 0 Å². The summed E-state index contributed by atoms with van der Waals surface area (Å²) < 4.78 is 0. The Bertz CT molecular complexity index is 429. The minimum Gasteiger partial charge on any atom is -0.355 e. The fourth-order valence-electron chi connectivity index (χ4n) is 1.27. The Morgan fingerprint density at radius 2 is 1.72 bits per heavy atom. The van der Waals surface area contributed by atoms with E-state index in [4.69, 9.17) is 23.2 Å². The first-order valence-corrected chi connectivity index (χ1v) is 6.29. The van der Waals surface area contributed by atoms with Crippen LogP contribution >= 0.6 is 23.2 Å². The lowest BCUT2D eigenvalue weighted by Gasteiger charge is -2.06. The predicted molar refractivity (Wildman–Crippen MR) is 72.1 cm³/mol. The fraction of sp³-hybridized carbons (Fsp3) is 0.333. The minimum absolute atomic E-state index is 0.0665. The molecule has 0 heterocycles. The van der Waals surface area contributed by atoms with E-state index in [-0.39, 0.29) is 18.4 Å². The van der Waals surface area contributed by atoms with Gasteiger partial charge in [0.15, 0.2) is 0 Å². The molecule has 1 rings (SSSR count). The van der Waals surface area contributed by atoms with Gasteiger partial charge in [0.25, 0.3) is 5.91 Å². The molecule has 4 nitrogen and oxygen atoms in total. The average Bonchev–Trinajstić information content (AvgIpc) is 2.32. The van der Waals surface area contributed by atoms with Crippen LogP contribution in [0.2, 0.25) is 10.0 Å². The molecule has 0 saturated heterocycles. The van der Waals surface area contributed by atoms with Gasteiger partial charge in [-0.2, -0.15) is 0 Å². The summed E-state index contributed by atoms with van der Waals surface area (Å²) in [5.41, 5.74) is 0.329. The molecule has 0 saturated carbocycles. The summed E-state index contributed by atoms with van der Waals surface area (Å²) in [5.74, 6) is -0.607. The molecule has 0 aliphatic rings. The number of hydrogen-bond acceptors (Lipinski definition) is 2. The predicted octanol–water partition coefficient (Wildman–Crippen LogP) is 2.25. The van der Waals surface area contributed by atoms with Crippen molar-refractivity contribution in [1.29, 1.82) is 0 Å². The summed E-state index contributed by atoms with van der Waals surface area (Å²) in [6, 6.07) is 4.52. The van der Waals surface area contributed by atoms with Crippen molar-refractivity contribution in [2.24, 2.45) is 0 Å². The van der Waals surface area contributed by atoms with Gasteiger partial charge in [-0.25, -0.2) is 0 Å². The van der Waals surface area contributed by atoms with E-state index in [0.29, 0.717) is 22.2 Å². The van der Waals surface area contributed by atoms with E-state index in [1.807, 2.05) is 6.92 Å². The van der Waals surface area contributed by atoms with Crippen LogP contribution in [0.3, 0.4) is 0 Å². The maximum Gasteiger partial charge on any atom is 0.251 e. The number of nitrogens with one attached hydrogen (secondary N) is 2. The Hall–Kier alpha value is -1.26. The molecule has 1 aromatic carbocycles. The van der Waals surface area contributed by atoms with Gasteiger partial charge in [-0.05, 0) is 24.6 Å². The topological polar surface area (TPSA) is 58.2 Å². The zero-order chi connectivity index (χ0) is 13.5. The lowest BCUT2D eigenvalue weighted by atomic mass is 10.2. The van der Waals surface area contributed by atoms with Crippen molar-refractivity contribution in [3.05, 3.63) is 33.8 Å². The van der Waals surface area contributed by atoms with Gasteiger partial charge >= 0.3 is 0 Å². The first-order valence-electron chi connectivity index (χ1n) is 5.54. The molecule has 98 valence electrons. The van der Waals surface area contributed by atoms with Crippen molar-refractivity contribution in [3.8, 4) is 0 Å². The molecule has 0 bridgehead atoms. The summed E-state index contributed by atoms with van der Waals surface area (Å²) >= 11 is 11.6. The summed E-state index contributed by atoms with van der Waals surface area (Å²) in [6.45, 7) is 2.48. The van der Waals surface area contributed by atoms with Crippen LogP contribution < -0.4 is 10.6 Å². The van der Waals surface area contributed by atoms with Gasteiger partial charge < -0.3 is 10.6 Å². The molecule has 0 atom stereocenters. The van der Waals surface area contributed by atoms with Crippen molar-refractivity contribution in [3.63, 3.8) is 0 Å². The third kappa shape index (κ3) is 4.94. The maximum absolute atomic E-state index is 11.7. The average molecular weight is 289 g/mol.